The molecule has 4 rings (SSSR count). The zero-order valence-corrected chi connectivity index (χ0v) is 19.0. The van der Waals surface area contributed by atoms with Crippen LogP contribution in [0.1, 0.15) is 25.0 Å². The van der Waals surface area contributed by atoms with Crippen LogP contribution < -0.4 is 15.5 Å². The molecule has 3 aromatic rings. The third-order valence-electron chi connectivity index (χ3n) is 5.72. The van der Waals surface area contributed by atoms with Crippen molar-refractivity contribution in [2.45, 2.75) is 25.6 Å². The molecule has 0 spiro atoms. The summed E-state index contributed by atoms with van der Waals surface area (Å²) in [6.07, 6.45) is -4.75. The first kappa shape index (κ1) is 23.3. The lowest BCUT2D eigenvalue weighted by Crippen LogP contribution is -2.44. The van der Waals surface area contributed by atoms with E-state index >= 15 is 0 Å². The molecule has 5 nitrogen and oxygen atoms in total. The van der Waals surface area contributed by atoms with E-state index in [2.05, 4.69) is 0 Å². The van der Waals surface area contributed by atoms with Crippen molar-refractivity contribution in [1.29, 1.82) is 5.26 Å². The number of benzene rings is 3. The van der Waals surface area contributed by atoms with Gasteiger partial charge in [-0.3, -0.25) is 9.69 Å². The molecular weight excluding hydrogens is 461 g/mol. The lowest BCUT2D eigenvalue weighted by Gasteiger charge is -2.29. The number of halogens is 3. The third kappa shape index (κ3) is 3.86. The summed E-state index contributed by atoms with van der Waals surface area (Å²) in [5.41, 5.74) is 6.07. The summed E-state index contributed by atoms with van der Waals surface area (Å²) in [7, 11) is 0. The molecular formula is C25H19F3N4OS. The number of anilines is 3. The Bertz CT molecular complexity index is 1330. The van der Waals surface area contributed by atoms with E-state index < -0.39 is 28.7 Å². The highest BCUT2D eigenvalue weighted by molar-refractivity contribution is 7.81. The normalized spacial score (nSPS) is 15.5. The van der Waals surface area contributed by atoms with Crippen molar-refractivity contribution in [3.8, 4) is 17.2 Å². The number of nitrogens with zero attached hydrogens (tertiary/aromatic N) is 3. The van der Waals surface area contributed by atoms with Crippen LogP contribution in [0.4, 0.5) is 30.2 Å². The van der Waals surface area contributed by atoms with Gasteiger partial charge in [-0.2, -0.15) is 18.4 Å². The van der Waals surface area contributed by atoms with Gasteiger partial charge in [0.15, 0.2) is 5.11 Å². The van der Waals surface area contributed by atoms with Crippen LogP contribution in [0, 0.1) is 11.3 Å². The Morgan fingerprint density at radius 2 is 1.47 bits per heavy atom. The maximum atomic E-state index is 13.5. The number of alkyl halides is 3. The highest BCUT2D eigenvalue weighted by Gasteiger charge is 2.50. The van der Waals surface area contributed by atoms with E-state index in [4.69, 9.17) is 23.2 Å². The fourth-order valence-electron chi connectivity index (χ4n) is 3.94. The molecule has 1 fully saturated rings. The second kappa shape index (κ2) is 8.15. The molecule has 0 atom stereocenters. The Hall–Kier alpha value is -3.90. The fraction of sp³-hybridized carbons (Fsp3) is 0.160. The van der Waals surface area contributed by atoms with E-state index in [0.717, 1.165) is 28.2 Å². The van der Waals surface area contributed by atoms with Gasteiger partial charge in [0, 0.05) is 11.4 Å². The monoisotopic (exact) mass is 480 g/mol. The van der Waals surface area contributed by atoms with Crippen LogP contribution in [-0.2, 0) is 11.0 Å². The minimum atomic E-state index is -4.75. The Morgan fingerprint density at radius 1 is 0.941 bits per heavy atom. The van der Waals surface area contributed by atoms with Gasteiger partial charge in [0.1, 0.15) is 5.54 Å². The standard InChI is InChI=1S/C25H19F3N4OS/c1-24(2)22(33)31(20-12-7-17(14-29)21(13-20)25(26,27)28)23(34)32(24)19-10-5-16(6-11-19)15-3-8-18(30)9-4-15/h3-13H,30H2,1-2H3. The van der Waals surface area contributed by atoms with Crippen LogP contribution in [0.25, 0.3) is 11.1 Å². The molecule has 1 aliphatic rings. The van der Waals surface area contributed by atoms with Crippen LogP contribution in [-0.4, -0.2) is 16.6 Å². The molecule has 1 amide bonds. The van der Waals surface area contributed by atoms with E-state index in [-0.39, 0.29) is 10.8 Å². The number of nitrogen functional groups attached to an aromatic ring is 1. The number of carbonyl (C=O) groups is 1. The Morgan fingerprint density at radius 3 is 2.00 bits per heavy atom. The second-order valence-electron chi connectivity index (χ2n) is 8.33. The summed E-state index contributed by atoms with van der Waals surface area (Å²) >= 11 is 5.56. The maximum Gasteiger partial charge on any atom is 0.417 e. The summed E-state index contributed by atoms with van der Waals surface area (Å²) in [5, 5.41) is 9.11. The zero-order valence-electron chi connectivity index (χ0n) is 18.2. The molecule has 1 saturated heterocycles. The van der Waals surface area contributed by atoms with E-state index in [1.54, 1.807) is 49.1 Å². The topological polar surface area (TPSA) is 73.4 Å². The van der Waals surface area contributed by atoms with Gasteiger partial charge < -0.3 is 10.6 Å². The molecule has 0 saturated carbocycles. The lowest BCUT2D eigenvalue weighted by molar-refractivity contribution is -0.137. The number of nitrogens with two attached hydrogens (primary N) is 1. The highest BCUT2D eigenvalue weighted by atomic mass is 32.1. The van der Waals surface area contributed by atoms with Crippen LogP contribution in [0.15, 0.2) is 66.7 Å². The molecule has 172 valence electrons. The molecule has 1 aliphatic heterocycles. The first-order valence-electron chi connectivity index (χ1n) is 10.2. The molecule has 0 aromatic heterocycles. The van der Waals surface area contributed by atoms with E-state index in [1.165, 1.54) is 6.07 Å². The van der Waals surface area contributed by atoms with Crippen molar-refractivity contribution < 1.29 is 18.0 Å². The van der Waals surface area contributed by atoms with Crippen LogP contribution in [0.3, 0.4) is 0 Å². The predicted molar refractivity (Wildman–Crippen MR) is 129 cm³/mol. The minimum Gasteiger partial charge on any atom is -0.399 e. The van der Waals surface area contributed by atoms with Crippen LogP contribution >= 0.6 is 12.2 Å². The van der Waals surface area contributed by atoms with Crippen molar-refractivity contribution in [1.82, 2.24) is 0 Å². The third-order valence-corrected chi connectivity index (χ3v) is 6.09. The average molecular weight is 481 g/mol. The number of nitriles is 1. The van der Waals surface area contributed by atoms with Crippen molar-refractivity contribution in [2.24, 2.45) is 0 Å². The molecule has 1 heterocycles. The zero-order chi connectivity index (χ0) is 24.8. The van der Waals surface area contributed by atoms with Crippen molar-refractivity contribution in [3.63, 3.8) is 0 Å². The molecule has 34 heavy (non-hydrogen) atoms. The molecule has 3 aromatic carbocycles. The van der Waals surface area contributed by atoms with Gasteiger partial charge in [0.2, 0.25) is 0 Å². The van der Waals surface area contributed by atoms with Gasteiger partial charge in [0.25, 0.3) is 5.91 Å². The highest BCUT2D eigenvalue weighted by Crippen LogP contribution is 2.40. The summed E-state index contributed by atoms with van der Waals surface area (Å²) in [6, 6.07) is 19.4. The SMILES string of the molecule is CC1(C)C(=O)N(c2ccc(C#N)c(C(F)(F)F)c2)C(=S)N1c1ccc(-c2ccc(N)cc2)cc1. The van der Waals surface area contributed by atoms with Crippen molar-refractivity contribution in [2.75, 3.05) is 15.5 Å². The Kier molecular flexibility index (Phi) is 5.58. The minimum absolute atomic E-state index is 0.0459. The van der Waals surface area contributed by atoms with Gasteiger partial charge in [-0.1, -0.05) is 24.3 Å². The Balaban J connectivity index is 1.72. The van der Waals surface area contributed by atoms with E-state index in [9.17, 15) is 18.0 Å². The quantitative estimate of drug-likeness (QED) is 0.382. The van der Waals surface area contributed by atoms with Gasteiger partial charge in [-0.25, -0.2) is 0 Å². The molecule has 0 aliphatic carbocycles. The van der Waals surface area contributed by atoms with Gasteiger partial charge in [-0.15, -0.1) is 0 Å². The van der Waals surface area contributed by atoms with Crippen LogP contribution in [0.5, 0.6) is 0 Å². The summed E-state index contributed by atoms with van der Waals surface area (Å²) in [6.45, 7) is 3.31. The van der Waals surface area contributed by atoms with E-state index in [0.29, 0.717) is 11.4 Å². The number of rotatable bonds is 3. The number of thiocarbonyl (C=S) groups is 1. The number of hydrogen-bond acceptors (Lipinski definition) is 4. The lowest BCUT2D eigenvalue weighted by atomic mass is 10.0. The first-order chi connectivity index (χ1) is 15.9. The number of hydrogen-bond donors (Lipinski definition) is 1. The predicted octanol–water partition coefficient (Wildman–Crippen LogP) is 5.74. The second-order valence-corrected chi connectivity index (χ2v) is 8.69. The smallest absolute Gasteiger partial charge is 0.399 e. The van der Waals surface area contributed by atoms with Crippen LogP contribution in [0.2, 0.25) is 0 Å². The van der Waals surface area contributed by atoms with Crippen molar-refractivity contribution >= 4 is 40.3 Å². The van der Waals surface area contributed by atoms with Gasteiger partial charge >= 0.3 is 6.18 Å². The molecule has 0 bridgehead atoms. The maximum absolute atomic E-state index is 13.5. The summed E-state index contributed by atoms with van der Waals surface area (Å²) < 4.78 is 40.5. The summed E-state index contributed by atoms with van der Waals surface area (Å²) in [5.74, 6) is -0.474. The summed E-state index contributed by atoms with van der Waals surface area (Å²) in [4.78, 5) is 16.0. The fourth-order valence-corrected chi connectivity index (χ4v) is 4.46. The molecule has 9 heteroatoms. The first-order valence-corrected chi connectivity index (χ1v) is 10.6. The van der Waals surface area contributed by atoms with Crippen molar-refractivity contribution in [3.05, 3.63) is 77.9 Å². The number of carbonyl (C=O) groups excluding carboxylic acids is 1. The largest absolute Gasteiger partial charge is 0.417 e. The average Bonchev–Trinajstić information content (AvgIpc) is 2.97. The molecule has 0 unspecified atom stereocenters. The molecule has 0 radical (unpaired) electrons. The molecule has 2 N–H and O–H groups in total. The number of amides is 1. The van der Waals surface area contributed by atoms with E-state index in [1.807, 2.05) is 24.3 Å². The van der Waals surface area contributed by atoms with Gasteiger partial charge in [-0.05, 0) is 79.7 Å². The Labute approximate surface area is 199 Å². The van der Waals surface area contributed by atoms with Gasteiger partial charge in [0.05, 0.1) is 22.9 Å².